The van der Waals surface area contributed by atoms with E-state index in [2.05, 4.69) is 9.62 Å². The molecule has 8 heteroatoms. The summed E-state index contributed by atoms with van der Waals surface area (Å²) in [4.78, 5) is 14.7. The highest BCUT2D eigenvalue weighted by Crippen LogP contribution is 2.23. The number of nitrogens with one attached hydrogen (secondary N) is 1. The number of hydrogen-bond acceptors (Lipinski definition) is 6. The van der Waals surface area contributed by atoms with Gasteiger partial charge in [-0.3, -0.25) is 9.69 Å². The van der Waals surface area contributed by atoms with Gasteiger partial charge in [0.25, 0.3) is 10.0 Å². The third-order valence-electron chi connectivity index (χ3n) is 5.85. The van der Waals surface area contributed by atoms with Gasteiger partial charge in [-0.05, 0) is 53.4 Å². The largest absolute Gasteiger partial charge is 0.492 e. The minimum Gasteiger partial charge on any atom is -0.492 e. The second kappa shape index (κ2) is 10.8. The topological polar surface area (TPSA) is 102 Å². The summed E-state index contributed by atoms with van der Waals surface area (Å²) in [7, 11) is -3.87. The Kier molecular flexibility index (Phi) is 7.62. The molecule has 7 nitrogen and oxygen atoms in total. The quantitative estimate of drug-likeness (QED) is 0.464. The summed E-state index contributed by atoms with van der Waals surface area (Å²) in [5.74, 6) is 0.879. The summed E-state index contributed by atoms with van der Waals surface area (Å²) in [5, 5.41) is 0. The van der Waals surface area contributed by atoms with Crippen LogP contribution >= 0.6 is 0 Å². The van der Waals surface area contributed by atoms with Crippen molar-refractivity contribution in [2.75, 3.05) is 32.8 Å². The number of sulfonamides is 1. The molecule has 3 N–H and O–H groups in total. The van der Waals surface area contributed by atoms with E-state index in [1.165, 1.54) is 12.1 Å². The molecule has 0 aromatic heterocycles. The number of ether oxygens (including phenoxy) is 1. The van der Waals surface area contributed by atoms with Crippen molar-refractivity contribution in [3.8, 4) is 16.9 Å². The van der Waals surface area contributed by atoms with E-state index in [1.807, 2.05) is 48.5 Å². The summed E-state index contributed by atoms with van der Waals surface area (Å²) in [5.41, 5.74) is 8.41. The Bertz CT molecular complexity index is 1190. The molecule has 1 aliphatic heterocycles. The maximum atomic E-state index is 12.3. The number of likely N-dealkylation sites (tertiary alicyclic amines) is 1. The number of nitrogens with two attached hydrogens (primary N) is 1. The number of hydrogen-bond donors (Lipinski definition) is 2. The first-order valence-electron chi connectivity index (χ1n) is 11.3. The molecule has 0 spiro atoms. The van der Waals surface area contributed by atoms with E-state index in [1.54, 1.807) is 18.2 Å². The maximum absolute atomic E-state index is 12.3. The molecule has 0 unspecified atom stereocenters. The van der Waals surface area contributed by atoms with Gasteiger partial charge in [0, 0.05) is 19.6 Å². The molecule has 0 radical (unpaired) electrons. The molecule has 178 valence electrons. The Balaban J connectivity index is 1.27. The lowest BCUT2D eigenvalue weighted by Crippen LogP contribution is -2.50. The van der Waals surface area contributed by atoms with Crippen LogP contribution in [0.1, 0.15) is 5.56 Å². The van der Waals surface area contributed by atoms with Gasteiger partial charge in [-0.25, -0.2) is 13.1 Å². The smallest absolute Gasteiger partial charge is 0.264 e. The van der Waals surface area contributed by atoms with Crippen LogP contribution in [0.25, 0.3) is 11.1 Å². The number of carbonyl (C=O) groups excluding carboxylic acids is 1. The minimum absolute atomic E-state index is 0.0256. The van der Waals surface area contributed by atoms with Crippen molar-refractivity contribution in [1.82, 2.24) is 9.62 Å². The molecule has 1 saturated heterocycles. The van der Waals surface area contributed by atoms with Gasteiger partial charge in [0.05, 0.1) is 11.3 Å². The van der Waals surface area contributed by atoms with E-state index in [4.69, 9.17) is 10.5 Å². The highest BCUT2D eigenvalue weighted by atomic mass is 32.2. The van der Waals surface area contributed by atoms with E-state index in [0.29, 0.717) is 12.5 Å². The molecule has 0 aliphatic carbocycles. The molecule has 34 heavy (non-hydrogen) atoms. The predicted molar refractivity (Wildman–Crippen MR) is 132 cm³/mol. The van der Waals surface area contributed by atoms with E-state index < -0.39 is 15.9 Å². The van der Waals surface area contributed by atoms with E-state index in [-0.39, 0.29) is 11.3 Å². The monoisotopic (exact) mass is 479 g/mol. The average molecular weight is 480 g/mol. The second-order valence-corrected chi connectivity index (χ2v) is 10.1. The van der Waals surface area contributed by atoms with Crippen LogP contribution in [0.15, 0.2) is 83.8 Å². The Hall–Kier alpha value is -3.20. The Morgan fingerprint density at radius 3 is 2.18 bits per heavy atom. The van der Waals surface area contributed by atoms with Gasteiger partial charge in [0.15, 0.2) is 0 Å². The first kappa shape index (κ1) is 23.9. The van der Waals surface area contributed by atoms with Crippen LogP contribution in [0.5, 0.6) is 5.75 Å². The van der Waals surface area contributed by atoms with Crippen LogP contribution in [-0.4, -0.2) is 52.0 Å². The van der Waals surface area contributed by atoms with Crippen LogP contribution in [-0.2, 0) is 21.2 Å². The molecule has 1 amide bonds. The zero-order valence-corrected chi connectivity index (χ0v) is 19.7. The molecule has 0 saturated carbocycles. The number of benzene rings is 3. The highest BCUT2D eigenvalue weighted by Gasteiger charge is 2.24. The van der Waals surface area contributed by atoms with Crippen molar-refractivity contribution < 1.29 is 17.9 Å². The molecular formula is C26H29N3O4S. The predicted octanol–water partition coefficient (Wildman–Crippen LogP) is 2.67. The van der Waals surface area contributed by atoms with Gasteiger partial charge in [-0.1, -0.05) is 54.6 Å². The van der Waals surface area contributed by atoms with Gasteiger partial charge in [-0.15, -0.1) is 0 Å². The average Bonchev–Trinajstić information content (AvgIpc) is 2.82. The molecule has 4 rings (SSSR count). The summed E-state index contributed by atoms with van der Waals surface area (Å²) >= 11 is 0. The molecule has 1 aliphatic rings. The summed E-state index contributed by atoms with van der Waals surface area (Å²) in [6, 6.07) is 23.2. The number of rotatable bonds is 10. The fourth-order valence-corrected chi connectivity index (χ4v) is 4.89. The third-order valence-corrected chi connectivity index (χ3v) is 7.24. The van der Waals surface area contributed by atoms with Crippen molar-refractivity contribution in [2.24, 2.45) is 11.7 Å². The highest BCUT2D eigenvalue weighted by molar-refractivity contribution is 7.90. The molecule has 1 heterocycles. The summed E-state index contributed by atoms with van der Waals surface area (Å²) in [6.07, 6.45) is -0.0256. The fraction of sp³-hybridized carbons (Fsp3) is 0.269. The lowest BCUT2D eigenvalue weighted by molar-refractivity contribution is -0.118. The summed E-state index contributed by atoms with van der Waals surface area (Å²) in [6.45, 7) is 4.41. The van der Waals surface area contributed by atoms with Crippen LogP contribution in [0.4, 0.5) is 0 Å². The van der Waals surface area contributed by atoms with E-state index in [0.717, 1.165) is 48.6 Å². The first-order chi connectivity index (χ1) is 16.4. The van der Waals surface area contributed by atoms with Crippen molar-refractivity contribution in [3.05, 3.63) is 84.4 Å². The third kappa shape index (κ3) is 6.22. The lowest BCUT2D eigenvalue weighted by Gasteiger charge is -2.38. The molecule has 3 aromatic rings. The van der Waals surface area contributed by atoms with Crippen LogP contribution in [0, 0.1) is 5.92 Å². The van der Waals surface area contributed by atoms with Gasteiger partial charge in [0.2, 0.25) is 5.91 Å². The molecule has 3 aromatic carbocycles. The Morgan fingerprint density at radius 1 is 0.941 bits per heavy atom. The van der Waals surface area contributed by atoms with Crippen molar-refractivity contribution in [3.63, 3.8) is 0 Å². The lowest BCUT2D eigenvalue weighted by atomic mass is 10.0. The van der Waals surface area contributed by atoms with Gasteiger partial charge in [0.1, 0.15) is 12.4 Å². The standard InChI is InChI=1S/C26H29N3O4S/c27-17-21-18-29(19-21)14-15-33-24-12-10-23(11-13-24)22-8-6-20(7-9-22)16-26(30)28-34(31,32)25-4-2-1-3-5-25/h1-13,21H,14-19,27H2,(H,28,30). The van der Waals surface area contributed by atoms with Crippen LogP contribution < -0.4 is 15.2 Å². The maximum Gasteiger partial charge on any atom is 0.264 e. The fourth-order valence-electron chi connectivity index (χ4n) is 3.89. The molecule has 1 fully saturated rings. The minimum atomic E-state index is -3.87. The zero-order chi connectivity index (χ0) is 24.0. The van der Waals surface area contributed by atoms with E-state index >= 15 is 0 Å². The van der Waals surface area contributed by atoms with Gasteiger partial charge < -0.3 is 10.5 Å². The molecular weight excluding hydrogens is 450 g/mol. The van der Waals surface area contributed by atoms with Crippen LogP contribution in [0.2, 0.25) is 0 Å². The first-order valence-corrected chi connectivity index (χ1v) is 12.8. The van der Waals surface area contributed by atoms with Crippen molar-refractivity contribution in [1.29, 1.82) is 0 Å². The van der Waals surface area contributed by atoms with Crippen molar-refractivity contribution >= 4 is 15.9 Å². The number of amides is 1. The number of carbonyl (C=O) groups is 1. The number of nitrogens with zero attached hydrogens (tertiary/aromatic N) is 1. The Morgan fingerprint density at radius 2 is 1.56 bits per heavy atom. The Labute approximate surface area is 200 Å². The normalized spacial score (nSPS) is 14.4. The molecule has 0 bridgehead atoms. The zero-order valence-electron chi connectivity index (χ0n) is 18.9. The molecule has 0 atom stereocenters. The van der Waals surface area contributed by atoms with E-state index in [9.17, 15) is 13.2 Å². The SMILES string of the molecule is NCC1CN(CCOc2ccc(-c3ccc(CC(=O)NS(=O)(=O)c4ccccc4)cc3)cc2)C1. The second-order valence-electron chi connectivity index (χ2n) is 8.45. The summed E-state index contributed by atoms with van der Waals surface area (Å²) < 4.78 is 32.5. The van der Waals surface area contributed by atoms with Crippen LogP contribution in [0.3, 0.4) is 0 Å². The van der Waals surface area contributed by atoms with Crippen molar-refractivity contribution in [2.45, 2.75) is 11.3 Å². The van der Waals surface area contributed by atoms with Gasteiger partial charge >= 0.3 is 0 Å². The van der Waals surface area contributed by atoms with Gasteiger partial charge in [-0.2, -0.15) is 0 Å².